The smallest absolute Gasteiger partial charge is 0.270 e. The fourth-order valence-corrected chi connectivity index (χ4v) is 3.45. The molecule has 0 radical (unpaired) electrons. The number of benzene rings is 1. The first-order valence-corrected chi connectivity index (χ1v) is 9.32. The number of hydrogen-bond acceptors (Lipinski definition) is 3. The first-order valence-electron chi connectivity index (χ1n) is 8.91. The van der Waals surface area contributed by atoms with Gasteiger partial charge in [0.2, 0.25) is 0 Å². The fraction of sp³-hybridized carbons (Fsp3) is 0.286. The first-order chi connectivity index (χ1) is 12.7. The van der Waals surface area contributed by atoms with Crippen molar-refractivity contribution in [2.75, 3.05) is 4.90 Å². The minimum atomic E-state index is -0.475. The summed E-state index contributed by atoms with van der Waals surface area (Å²) >= 11 is 5.30. The summed E-state index contributed by atoms with van der Waals surface area (Å²) in [6, 6.07) is 11.4. The number of hydrogen-bond donors (Lipinski definition) is 1. The minimum Gasteiger partial charge on any atom is -0.343 e. The highest BCUT2D eigenvalue weighted by Gasteiger charge is 2.35. The fourth-order valence-electron chi connectivity index (χ4n) is 3.17. The van der Waals surface area contributed by atoms with Gasteiger partial charge in [0, 0.05) is 17.4 Å². The maximum absolute atomic E-state index is 13.2. The average Bonchev–Trinajstić information content (AvgIpc) is 3.07. The van der Waals surface area contributed by atoms with Gasteiger partial charge in [0.05, 0.1) is 5.69 Å². The summed E-state index contributed by atoms with van der Waals surface area (Å²) in [7, 11) is 0. The molecule has 1 saturated heterocycles. The normalized spacial score (nSPS) is 16.8. The van der Waals surface area contributed by atoms with E-state index in [1.165, 1.54) is 4.90 Å². The number of nitrogens with one attached hydrogen (secondary N) is 1. The summed E-state index contributed by atoms with van der Waals surface area (Å²) in [5.74, 6) is -0.886. The van der Waals surface area contributed by atoms with E-state index in [1.54, 1.807) is 6.08 Å². The maximum Gasteiger partial charge on any atom is 0.270 e. The Morgan fingerprint density at radius 3 is 2.48 bits per heavy atom. The largest absolute Gasteiger partial charge is 0.343 e. The molecule has 2 amide bonds. The van der Waals surface area contributed by atoms with Crippen molar-refractivity contribution in [2.24, 2.45) is 0 Å². The summed E-state index contributed by atoms with van der Waals surface area (Å²) in [5, 5.41) is 2.76. The van der Waals surface area contributed by atoms with E-state index in [2.05, 4.69) is 26.1 Å². The Morgan fingerprint density at radius 2 is 1.81 bits per heavy atom. The second-order valence-corrected chi connectivity index (χ2v) is 7.80. The molecule has 3 rings (SSSR count). The molecule has 1 aromatic heterocycles. The molecule has 27 heavy (non-hydrogen) atoms. The van der Waals surface area contributed by atoms with Crippen molar-refractivity contribution in [3.8, 4) is 0 Å². The monoisotopic (exact) mass is 381 g/mol. The van der Waals surface area contributed by atoms with Crippen LogP contribution in [-0.4, -0.2) is 21.5 Å². The van der Waals surface area contributed by atoms with E-state index in [4.69, 9.17) is 12.2 Å². The molecule has 6 heteroatoms. The zero-order valence-electron chi connectivity index (χ0n) is 15.9. The van der Waals surface area contributed by atoms with Gasteiger partial charge in [-0.25, -0.2) is 0 Å². The van der Waals surface area contributed by atoms with Crippen LogP contribution in [0.25, 0.3) is 6.08 Å². The van der Waals surface area contributed by atoms with Crippen LogP contribution in [0.3, 0.4) is 0 Å². The molecule has 0 spiro atoms. The maximum atomic E-state index is 13.2. The molecule has 5 nitrogen and oxygen atoms in total. The van der Waals surface area contributed by atoms with Crippen LogP contribution < -0.4 is 10.2 Å². The molecule has 140 valence electrons. The zero-order valence-corrected chi connectivity index (χ0v) is 16.8. The lowest BCUT2D eigenvalue weighted by Gasteiger charge is -2.30. The van der Waals surface area contributed by atoms with E-state index in [0.29, 0.717) is 5.69 Å². The zero-order chi connectivity index (χ0) is 19.8. The predicted molar refractivity (Wildman–Crippen MR) is 111 cm³/mol. The molecule has 0 saturated carbocycles. The molecule has 1 N–H and O–H groups in total. The van der Waals surface area contributed by atoms with Crippen molar-refractivity contribution in [1.29, 1.82) is 0 Å². The van der Waals surface area contributed by atoms with Gasteiger partial charge in [-0.15, -0.1) is 0 Å². The highest BCUT2D eigenvalue weighted by Crippen LogP contribution is 2.27. The third-order valence-corrected chi connectivity index (χ3v) is 4.79. The number of thiocarbonyl (C=S) groups is 1. The third kappa shape index (κ3) is 3.57. The highest BCUT2D eigenvalue weighted by molar-refractivity contribution is 7.80. The SMILES string of the molecule is CCc1ccccc1N1C(=O)C(=Cc2cccn2C(C)(C)C)C(=O)NC1=S. The standard InChI is InChI=1S/C21H23N3O2S/c1-5-14-9-6-7-11-17(14)24-19(26)16(18(25)22-20(24)27)13-15-10-8-12-23(15)21(2,3)4/h6-13H,5H2,1-4H3,(H,22,25,27). The summed E-state index contributed by atoms with van der Waals surface area (Å²) in [6.07, 6.45) is 4.32. The Morgan fingerprint density at radius 1 is 1.11 bits per heavy atom. The summed E-state index contributed by atoms with van der Waals surface area (Å²) in [6.45, 7) is 8.21. The van der Waals surface area contributed by atoms with Crippen molar-refractivity contribution >= 4 is 40.9 Å². The van der Waals surface area contributed by atoms with E-state index in [9.17, 15) is 9.59 Å². The number of aryl methyl sites for hydroxylation is 1. The molecule has 1 aliphatic rings. The Hall–Kier alpha value is -2.73. The topological polar surface area (TPSA) is 54.3 Å². The second kappa shape index (κ2) is 7.12. The molecule has 1 fully saturated rings. The number of anilines is 1. The number of carbonyl (C=O) groups excluding carboxylic acids is 2. The number of nitrogens with zero attached hydrogens (tertiary/aromatic N) is 2. The van der Waals surface area contributed by atoms with E-state index in [-0.39, 0.29) is 16.2 Å². The Kier molecular flexibility index (Phi) is 5.02. The van der Waals surface area contributed by atoms with Gasteiger partial charge in [-0.05, 0) is 69.2 Å². The van der Waals surface area contributed by atoms with Gasteiger partial charge in [0.1, 0.15) is 5.57 Å². The molecule has 0 unspecified atom stereocenters. The van der Waals surface area contributed by atoms with Crippen LogP contribution in [0.15, 0.2) is 48.2 Å². The Labute approximate surface area is 164 Å². The Bertz CT molecular complexity index is 950. The van der Waals surface area contributed by atoms with Crippen LogP contribution in [0.4, 0.5) is 5.69 Å². The average molecular weight is 382 g/mol. The lowest BCUT2D eigenvalue weighted by Crippen LogP contribution is -2.54. The molecule has 0 atom stereocenters. The molecule has 1 aromatic carbocycles. The number of aromatic nitrogens is 1. The molecule has 0 bridgehead atoms. The second-order valence-electron chi connectivity index (χ2n) is 7.41. The quantitative estimate of drug-likeness (QED) is 0.502. The molecule has 2 aromatic rings. The van der Waals surface area contributed by atoms with Gasteiger partial charge in [-0.1, -0.05) is 25.1 Å². The van der Waals surface area contributed by atoms with E-state index >= 15 is 0 Å². The van der Waals surface area contributed by atoms with Crippen molar-refractivity contribution in [2.45, 2.75) is 39.7 Å². The molecular formula is C21H23N3O2S. The molecular weight excluding hydrogens is 358 g/mol. The minimum absolute atomic E-state index is 0.0682. The van der Waals surface area contributed by atoms with Gasteiger partial charge >= 0.3 is 0 Å². The van der Waals surface area contributed by atoms with Crippen LogP contribution in [0, 0.1) is 0 Å². The first kappa shape index (κ1) is 19.0. The number of rotatable bonds is 3. The predicted octanol–water partition coefficient (Wildman–Crippen LogP) is 3.64. The van der Waals surface area contributed by atoms with Gasteiger partial charge < -0.3 is 4.57 Å². The van der Waals surface area contributed by atoms with Crippen LogP contribution >= 0.6 is 12.2 Å². The summed E-state index contributed by atoms with van der Waals surface area (Å²) in [5.41, 5.74) is 2.37. The molecule has 2 heterocycles. The van der Waals surface area contributed by atoms with E-state index in [1.807, 2.05) is 54.1 Å². The third-order valence-electron chi connectivity index (χ3n) is 4.51. The van der Waals surface area contributed by atoms with E-state index in [0.717, 1.165) is 17.7 Å². The van der Waals surface area contributed by atoms with Crippen molar-refractivity contribution in [3.05, 3.63) is 59.4 Å². The van der Waals surface area contributed by atoms with E-state index < -0.39 is 11.8 Å². The summed E-state index contributed by atoms with van der Waals surface area (Å²) in [4.78, 5) is 27.1. The molecule has 0 aliphatic carbocycles. The van der Waals surface area contributed by atoms with Gasteiger partial charge in [-0.2, -0.15) is 0 Å². The van der Waals surface area contributed by atoms with Crippen LogP contribution in [0.2, 0.25) is 0 Å². The lowest BCUT2D eigenvalue weighted by atomic mass is 10.1. The molecule has 1 aliphatic heterocycles. The van der Waals surface area contributed by atoms with Crippen LogP contribution in [0.5, 0.6) is 0 Å². The number of para-hydroxylation sites is 1. The Balaban J connectivity index is 2.08. The highest BCUT2D eigenvalue weighted by atomic mass is 32.1. The lowest BCUT2D eigenvalue weighted by molar-refractivity contribution is -0.122. The van der Waals surface area contributed by atoms with Crippen molar-refractivity contribution in [3.63, 3.8) is 0 Å². The van der Waals surface area contributed by atoms with Gasteiger partial charge in [0.25, 0.3) is 11.8 Å². The van der Waals surface area contributed by atoms with Crippen molar-refractivity contribution < 1.29 is 9.59 Å². The summed E-state index contributed by atoms with van der Waals surface area (Å²) < 4.78 is 2.03. The number of amides is 2. The number of carbonyl (C=O) groups is 2. The van der Waals surface area contributed by atoms with Gasteiger partial charge in [0.15, 0.2) is 5.11 Å². The van der Waals surface area contributed by atoms with Crippen LogP contribution in [-0.2, 0) is 21.5 Å². The van der Waals surface area contributed by atoms with Gasteiger partial charge in [-0.3, -0.25) is 19.8 Å². The van der Waals surface area contributed by atoms with Crippen molar-refractivity contribution in [1.82, 2.24) is 9.88 Å². The van der Waals surface area contributed by atoms with Crippen LogP contribution in [0.1, 0.15) is 39.0 Å².